The van der Waals surface area contributed by atoms with E-state index in [1.54, 1.807) is 26.0 Å². The van der Waals surface area contributed by atoms with Gasteiger partial charge < -0.3 is 4.74 Å². The third-order valence-corrected chi connectivity index (χ3v) is 6.66. The predicted octanol–water partition coefficient (Wildman–Crippen LogP) is 3.99. The average Bonchev–Trinajstić information content (AvgIpc) is 3.09. The van der Waals surface area contributed by atoms with E-state index in [0.29, 0.717) is 21.8 Å². The Morgan fingerprint density at radius 1 is 1.03 bits per heavy atom. The topological polar surface area (TPSA) is 114 Å². The number of sulfonamides is 1. The van der Waals surface area contributed by atoms with Crippen molar-refractivity contribution < 1.29 is 22.7 Å². The van der Waals surface area contributed by atoms with Crippen molar-refractivity contribution in [2.24, 2.45) is 0 Å². The molecule has 0 aliphatic carbocycles. The summed E-state index contributed by atoms with van der Waals surface area (Å²) < 4.78 is 32.4. The molecule has 3 rings (SSSR count). The van der Waals surface area contributed by atoms with Crippen molar-refractivity contribution in [2.75, 3.05) is 16.6 Å². The van der Waals surface area contributed by atoms with Crippen molar-refractivity contribution in [3.05, 3.63) is 70.2 Å². The van der Waals surface area contributed by atoms with E-state index < -0.39 is 21.9 Å². The molecule has 0 saturated carbocycles. The summed E-state index contributed by atoms with van der Waals surface area (Å²) in [6, 6.07) is 12.5. The van der Waals surface area contributed by atoms with Crippen LogP contribution in [0, 0.1) is 13.8 Å². The smallest absolute Gasteiger partial charge is 0.350 e. The normalized spacial score (nSPS) is 11.1. The molecule has 0 radical (unpaired) electrons. The van der Waals surface area contributed by atoms with E-state index in [9.17, 15) is 18.0 Å². The van der Waals surface area contributed by atoms with E-state index in [1.165, 1.54) is 36.4 Å². The summed E-state index contributed by atoms with van der Waals surface area (Å²) in [5.74, 6) is -0.916. The molecule has 0 fully saturated rings. The maximum atomic E-state index is 12.5. The number of carbonyl (C=O) groups excluding carboxylic acids is 2. The predicted molar refractivity (Wildman–Crippen MR) is 119 cm³/mol. The van der Waals surface area contributed by atoms with Gasteiger partial charge in [-0.1, -0.05) is 29.0 Å². The van der Waals surface area contributed by atoms with Crippen molar-refractivity contribution in [1.29, 1.82) is 0 Å². The highest BCUT2D eigenvalue weighted by atomic mass is 32.2. The van der Waals surface area contributed by atoms with Gasteiger partial charge in [0.2, 0.25) is 0 Å². The Hall–Kier alpha value is -3.24. The molecular weight excluding hydrogens is 438 g/mol. The van der Waals surface area contributed by atoms with Crippen molar-refractivity contribution in [1.82, 2.24) is 4.98 Å². The van der Waals surface area contributed by atoms with Gasteiger partial charge in [-0.05, 0) is 57.2 Å². The average molecular weight is 460 g/mol. The molecule has 10 heteroatoms. The number of hydrogen-bond donors (Lipinski definition) is 2. The van der Waals surface area contributed by atoms with Gasteiger partial charge in [-0.2, -0.15) is 0 Å². The van der Waals surface area contributed by atoms with Crippen LogP contribution < -0.4 is 10.0 Å². The molecule has 162 valence electrons. The molecule has 1 aromatic heterocycles. The first kappa shape index (κ1) is 22.4. The molecule has 0 atom stereocenters. The van der Waals surface area contributed by atoms with Crippen LogP contribution >= 0.6 is 11.3 Å². The van der Waals surface area contributed by atoms with E-state index in [-0.39, 0.29) is 16.6 Å². The Morgan fingerprint density at radius 2 is 1.68 bits per heavy atom. The van der Waals surface area contributed by atoms with Gasteiger partial charge in [0.1, 0.15) is 4.88 Å². The molecule has 0 unspecified atom stereocenters. The zero-order valence-electron chi connectivity index (χ0n) is 17.1. The number of amides is 1. The van der Waals surface area contributed by atoms with Crippen molar-refractivity contribution in [3.63, 3.8) is 0 Å². The van der Waals surface area contributed by atoms with Crippen LogP contribution in [0.4, 0.5) is 10.8 Å². The SMILES string of the molecule is CCOC(=O)c1sc(NC(=O)c2ccc(NS(=O)(=O)c3ccc(C)cc3)cc2)nc1C. The number of nitrogens with zero attached hydrogens (tertiary/aromatic N) is 1. The first-order valence-electron chi connectivity index (χ1n) is 9.35. The number of ether oxygens (including phenoxy) is 1. The summed E-state index contributed by atoms with van der Waals surface area (Å²) in [7, 11) is -3.73. The molecule has 31 heavy (non-hydrogen) atoms. The van der Waals surface area contributed by atoms with Crippen LogP contribution in [0.3, 0.4) is 0 Å². The second kappa shape index (κ2) is 9.27. The molecule has 0 spiro atoms. The van der Waals surface area contributed by atoms with Gasteiger partial charge in [-0.25, -0.2) is 18.2 Å². The zero-order chi connectivity index (χ0) is 22.6. The number of nitrogens with one attached hydrogen (secondary N) is 2. The van der Waals surface area contributed by atoms with Crippen molar-refractivity contribution in [3.8, 4) is 0 Å². The fourth-order valence-corrected chi connectivity index (χ4v) is 4.54. The first-order chi connectivity index (χ1) is 14.7. The quantitative estimate of drug-likeness (QED) is 0.516. The highest BCUT2D eigenvalue weighted by molar-refractivity contribution is 7.92. The van der Waals surface area contributed by atoms with E-state index in [1.807, 2.05) is 6.92 Å². The molecule has 0 bridgehead atoms. The standard InChI is InChI=1S/C21H21N3O5S2/c1-4-29-20(26)18-14(3)22-21(30-18)23-19(25)15-7-9-16(10-8-15)24-31(27,28)17-11-5-13(2)6-12-17/h5-12,24H,4H2,1-3H3,(H,22,23,25). The van der Waals surface area contributed by atoms with Crippen LogP contribution in [0.5, 0.6) is 0 Å². The second-order valence-corrected chi connectivity index (χ2v) is 9.29. The minimum atomic E-state index is -3.73. The lowest BCUT2D eigenvalue weighted by Gasteiger charge is -2.09. The minimum absolute atomic E-state index is 0.150. The number of rotatable bonds is 7. The fraction of sp³-hybridized carbons (Fsp3) is 0.190. The molecule has 1 heterocycles. The number of aromatic nitrogens is 1. The molecule has 0 saturated heterocycles. The van der Waals surface area contributed by atoms with E-state index >= 15 is 0 Å². The molecule has 2 aromatic carbocycles. The molecular formula is C21H21N3O5S2. The maximum Gasteiger partial charge on any atom is 0.350 e. The van der Waals surface area contributed by atoms with Crippen LogP contribution in [-0.4, -0.2) is 31.9 Å². The molecule has 1 amide bonds. The van der Waals surface area contributed by atoms with Gasteiger partial charge in [0.15, 0.2) is 5.13 Å². The Balaban J connectivity index is 1.68. The number of carbonyl (C=O) groups is 2. The van der Waals surface area contributed by atoms with Gasteiger partial charge in [-0.15, -0.1) is 0 Å². The lowest BCUT2D eigenvalue weighted by molar-refractivity contribution is 0.0531. The lowest BCUT2D eigenvalue weighted by Crippen LogP contribution is -2.14. The fourth-order valence-electron chi connectivity index (χ4n) is 2.63. The Kier molecular flexibility index (Phi) is 6.71. The van der Waals surface area contributed by atoms with Gasteiger partial charge in [0.05, 0.1) is 17.2 Å². The molecule has 0 aliphatic rings. The van der Waals surface area contributed by atoms with Gasteiger partial charge in [-0.3, -0.25) is 14.8 Å². The highest BCUT2D eigenvalue weighted by Gasteiger charge is 2.18. The number of esters is 1. The summed E-state index contributed by atoms with van der Waals surface area (Å²) >= 11 is 1.03. The van der Waals surface area contributed by atoms with Crippen LogP contribution in [0.2, 0.25) is 0 Å². The summed E-state index contributed by atoms with van der Waals surface area (Å²) in [5, 5.41) is 2.91. The molecule has 2 N–H and O–H groups in total. The van der Waals surface area contributed by atoms with E-state index in [2.05, 4.69) is 15.0 Å². The zero-order valence-corrected chi connectivity index (χ0v) is 18.8. The Morgan fingerprint density at radius 3 is 2.29 bits per heavy atom. The van der Waals surface area contributed by atoms with E-state index in [0.717, 1.165) is 16.9 Å². The molecule has 0 aliphatic heterocycles. The third kappa shape index (κ3) is 5.47. The third-order valence-electron chi connectivity index (χ3n) is 4.21. The molecule has 8 nitrogen and oxygen atoms in total. The highest BCUT2D eigenvalue weighted by Crippen LogP contribution is 2.24. The summed E-state index contributed by atoms with van der Waals surface area (Å²) in [6.45, 7) is 5.49. The van der Waals surface area contributed by atoms with Crippen molar-refractivity contribution >= 4 is 44.1 Å². The second-order valence-electron chi connectivity index (χ2n) is 6.60. The maximum absolute atomic E-state index is 12.5. The Labute approximate surface area is 184 Å². The Bertz CT molecular complexity index is 1200. The van der Waals surface area contributed by atoms with E-state index in [4.69, 9.17) is 4.74 Å². The van der Waals surface area contributed by atoms with Gasteiger partial charge in [0, 0.05) is 11.3 Å². The number of thiazole rings is 1. The number of hydrogen-bond acceptors (Lipinski definition) is 7. The van der Waals surface area contributed by atoms with Gasteiger partial charge in [0.25, 0.3) is 15.9 Å². The van der Waals surface area contributed by atoms with Gasteiger partial charge >= 0.3 is 5.97 Å². The summed E-state index contributed by atoms with van der Waals surface area (Å²) in [4.78, 5) is 29.0. The van der Waals surface area contributed by atoms with Crippen LogP contribution in [0.25, 0.3) is 0 Å². The summed E-state index contributed by atoms with van der Waals surface area (Å²) in [6.07, 6.45) is 0. The van der Waals surface area contributed by atoms with Crippen molar-refractivity contribution in [2.45, 2.75) is 25.7 Å². The first-order valence-corrected chi connectivity index (χ1v) is 11.6. The minimum Gasteiger partial charge on any atom is -0.462 e. The number of aryl methyl sites for hydroxylation is 2. The number of anilines is 2. The van der Waals surface area contributed by atoms with Crippen LogP contribution in [0.15, 0.2) is 53.4 Å². The van der Waals surface area contributed by atoms with Crippen LogP contribution in [-0.2, 0) is 14.8 Å². The summed E-state index contributed by atoms with van der Waals surface area (Å²) in [5.41, 5.74) is 2.06. The monoisotopic (exact) mass is 459 g/mol. The van der Waals surface area contributed by atoms with Crippen LogP contribution in [0.1, 0.15) is 38.2 Å². The lowest BCUT2D eigenvalue weighted by atomic mass is 10.2. The largest absolute Gasteiger partial charge is 0.462 e. The molecule has 3 aromatic rings. The number of benzene rings is 2.